The lowest BCUT2D eigenvalue weighted by atomic mass is 10.0. The molecule has 1 N–H and O–H groups in total. The zero-order chi connectivity index (χ0) is 13.8. The van der Waals surface area contributed by atoms with Crippen LogP contribution in [0.2, 0.25) is 0 Å². The van der Waals surface area contributed by atoms with Crippen LogP contribution in [-0.2, 0) is 0 Å². The Morgan fingerprint density at radius 1 is 1.11 bits per heavy atom. The van der Waals surface area contributed by atoms with Gasteiger partial charge in [-0.3, -0.25) is 0 Å². The molecule has 0 spiro atoms. The fraction of sp³-hybridized carbons (Fsp3) is 0.333. The van der Waals surface area contributed by atoms with E-state index in [1.807, 2.05) is 14.0 Å². The first-order valence-corrected chi connectivity index (χ1v) is 7.20. The van der Waals surface area contributed by atoms with Crippen LogP contribution >= 0.6 is 11.8 Å². The van der Waals surface area contributed by atoms with Gasteiger partial charge in [0.15, 0.2) is 0 Å². The molecule has 0 fully saturated rings. The van der Waals surface area contributed by atoms with E-state index >= 15 is 0 Å². The SMILES string of the molecule is CNc1ncnc(Sc2ccc(C(C)C)cc2)c1C. The molecule has 3 nitrogen and oxygen atoms in total. The molecule has 0 aliphatic rings. The summed E-state index contributed by atoms with van der Waals surface area (Å²) in [6.45, 7) is 6.45. The summed E-state index contributed by atoms with van der Waals surface area (Å²) in [6, 6.07) is 8.67. The lowest BCUT2D eigenvalue weighted by molar-refractivity contribution is 0.865. The van der Waals surface area contributed by atoms with Crippen LogP contribution in [0.5, 0.6) is 0 Å². The van der Waals surface area contributed by atoms with Gasteiger partial charge in [0.05, 0.1) is 0 Å². The minimum absolute atomic E-state index is 0.565. The van der Waals surface area contributed by atoms with E-state index in [1.165, 1.54) is 10.5 Å². The Morgan fingerprint density at radius 2 is 1.79 bits per heavy atom. The zero-order valence-corrected chi connectivity index (χ0v) is 12.6. The molecule has 4 heteroatoms. The van der Waals surface area contributed by atoms with Crippen molar-refractivity contribution in [2.45, 2.75) is 36.6 Å². The molecule has 100 valence electrons. The molecule has 0 atom stereocenters. The summed E-state index contributed by atoms with van der Waals surface area (Å²) in [5.74, 6) is 1.45. The van der Waals surface area contributed by atoms with Gasteiger partial charge in [-0.05, 0) is 30.5 Å². The van der Waals surface area contributed by atoms with Crippen molar-refractivity contribution in [3.8, 4) is 0 Å². The molecular weight excluding hydrogens is 254 g/mol. The van der Waals surface area contributed by atoms with E-state index in [0.29, 0.717) is 5.92 Å². The molecule has 0 radical (unpaired) electrons. The van der Waals surface area contributed by atoms with E-state index in [1.54, 1.807) is 18.1 Å². The van der Waals surface area contributed by atoms with Gasteiger partial charge >= 0.3 is 0 Å². The minimum Gasteiger partial charge on any atom is -0.373 e. The zero-order valence-electron chi connectivity index (χ0n) is 11.8. The van der Waals surface area contributed by atoms with Gasteiger partial charge in [-0.2, -0.15) is 0 Å². The first kappa shape index (κ1) is 13.9. The van der Waals surface area contributed by atoms with Gasteiger partial charge in [-0.15, -0.1) is 0 Å². The Morgan fingerprint density at radius 3 is 2.37 bits per heavy atom. The number of hydrogen-bond acceptors (Lipinski definition) is 4. The van der Waals surface area contributed by atoms with Crippen LogP contribution in [0.1, 0.15) is 30.9 Å². The third-order valence-corrected chi connectivity index (χ3v) is 4.15. The Kier molecular flexibility index (Phi) is 4.43. The molecule has 0 amide bonds. The van der Waals surface area contributed by atoms with E-state index in [2.05, 4.69) is 53.4 Å². The van der Waals surface area contributed by atoms with Gasteiger partial charge in [0.25, 0.3) is 0 Å². The van der Waals surface area contributed by atoms with E-state index in [-0.39, 0.29) is 0 Å². The predicted molar refractivity (Wildman–Crippen MR) is 81.0 cm³/mol. The van der Waals surface area contributed by atoms with Crippen LogP contribution in [0.4, 0.5) is 5.82 Å². The van der Waals surface area contributed by atoms with E-state index < -0.39 is 0 Å². The van der Waals surface area contributed by atoms with Crippen molar-refractivity contribution in [1.29, 1.82) is 0 Å². The number of rotatable bonds is 4. The van der Waals surface area contributed by atoms with Crippen molar-refractivity contribution in [1.82, 2.24) is 9.97 Å². The second-order valence-electron chi connectivity index (χ2n) is 4.73. The van der Waals surface area contributed by atoms with Crippen molar-refractivity contribution in [3.05, 3.63) is 41.7 Å². The summed E-state index contributed by atoms with van der Waals surface area (Å²) in [5, 5.41) is 4.08. The van der Waals surface area contributed by atoms with Crippen LogP contribution in [0.25, 0.3) is 0 Å². The molecule has 0 aliphatic carbocycles. The highest BCUT2D eigenvalue weighted by atomic mass is 32.2. The average molecular weight is 273 g/mol. The fourth-order valence-electron chi connectivity index (χ4n) is 1.82. The molecule has 0 aliphatic heterocycles. The first-order valence-electron chi connectivity index (χ1n) is 6.39. The lowest BCUT2D eigenvalue weighted by Gasteiger charge is -2.09. The monoisotopic (exact) mass is 273 g/mol. The molecule has 0 unspecified atom stereocenters. The molecule has 0 saturated heterocycles. The maximum atomic E-state index is 4.35. The maximum Gasteiger partial charge on any atom is 0.133 e. The second-order valence-corrected chi connectivity index (χ2v) is 5.79. The number of nitrogens with one attached hydrogen (secondary N) is 1. The van der Waals surface area contributed by atoms with Crippen molar-refractivity contribution in [3.63, 3.8) is 0 Å². The number of aromatic nitrogens is 2. The Balaban J connectivity index is 2.21. The van der Waals surface area contributed by atoms with Crippen molar-refractivity contribution >= 4 is 17.6 Å². The average Bonchev–Trinajstić information content (AvgIpc) is 2.42. The number of anilines is 1. The third kappa shape index (κ3) is 3.26. The third-order valence-electron chi connectivity index (χ3n) is 3.04. The maximum absolute atomic E-state index is 4.35. The Labute approximate surface area is 118 Å². The molecule has 1 aromatic heterocycles. The van der Waals surface area contributed by atoms with Gasteiger partial charge in [0, 0.05) is 17.5 Å². The van der Waals surface area contributed by atoms with Crippen molar-refractivity contribution in [2.75, 3.05) is 12.4 Å². The molecule has 19 heavy (non-hydrogen) atoms. The summed E-state index contributed by atoms with van der Waals surface area (Å²) >= 11 is 1.67. The molecular formula is C15H19N3S. The summed E-state index contributed by atoms with van der Waals surface area (Å²) in [6.07, 6.45) is 1.60. The van der Waals surface area contributed by atoms with Crippen molar-refractivity contribution in [2.24, 2.45) is 0 Å². The molecule has 2 aromatic rings. The van der Waals surface area contributed by atoms with E-state index in [9.17, 15) is 0 Å². The Bertz CT molecular complexity index is 550. The van der Waals surface area contributed by atoms with Crippen LogP contribution in [0.3, 0.4) is 0 Å². The van der Waals surface area contributed by atoms with Gasteiger partial charge in [-0.1, -0.05) is 37.7 Å². The highest BCUT2D eigenvalue weighted by molar-refractivity contribution is 7.99. The molecule has 2 rings (SSSR count). The largest absolute Gasteiger partial charge is 0.373 e. The predicted octanol–water partition coefficient (Wildman–Crippen LogP) is 4.10. The summed E-state index contributed by atoms with van der Waals surface area (Å²) in [5.41, 5.74) is 2.45. The Hall–Kier alpha value is -1.55. The van der Waals surface area contributed by atoms with Crippen LogP contribution in [0, 0.1) is 6.92 Å². The summed E-state index contributed by atoms with van der Waals surface area (Å²) < 4.78 is 0. The number of benzene rings is 1. The van der Waals surface area contributed by atoms with Crippen molar-refractivity contribution < 1.29 is 0 Å². The van der Waals surface area contributed by atoms with E-state index in [4.69, 9.17) is 0 Å². The molecule has 0 saturated carbocycles. The van der Waals surface area contributed by atoms with Gasteiger partial charge in [-0.25, -0.2) is 9.97 Å². The fourth-order valence-corrected chi connectivity index (χ4v) is 2.67. The van der Waals surface area contributed by atoms with Crippen LogP contribution in [-0.4, -0.2) is 17.0 Å². The lowest BCUT2D eigenvalue weighted by Crippen LogP contribution is -1.98. The van der Waals surface area contributed by atoms with Gasteiger partial charge in [0.1, 0.15) is 17.2 Å². The number of hydrogen-bond donors (Lipinski definition) is 1. The second kappa shape index (κ2) is 6.06. The highest BCUT2D eigenvalue weighted by Crippen LogP contribution is 2.31. The smallest absolute Gasteiger partial charge is 0.133 e. The minimum atomic E-state index is 0.565. The molecule has 1 heterocycles. The van der Waals surface area contributed by atoms with E-state index in [0.717, 1.165) is 16.4 Å². The number of nitrogens with zero attached hydrogens (tertiary/aromatic N) is 2. The summed E-state index contributed by atoms with van der Waals surface area (Å²) in [4.78, 5) is 9.75. The van der Waals surface area contributed by atoms with Gasteiger partial charge < -0.3 is 5.32 Å². The van der Waals surface area contributed by atoms with Crippen LogP contribution < -0.4 is 5.32 Å². The van der Waals surface area contributed by atoms with Crippen LogP contribution in [0.15, 0.2) is 40.5 Å². The van der Waals surface area contributed by atoms with Gasteiger partial charge in [0.2, 0.25) is 0 Å². The normalized spacial score (nSPS) is 10.8. The quantitative estimate of drug-likeness (QED) is 0.851. The topological polar surface area (TPSA) is 37.8 Å². The summed E-state index contributed by atoms with van der Waals surface area (Å²) in [7, 11) is 1.88. The molecule has 0 bridgehead atoms. The first-order chi connectivity index (χ1) is 9.11. The highest BCUT2D eigenvalue weighted by Gasteiger charge is 2.07. The molecule has 1 aromatic carbocycles. The standard InChI is InChI=1S/C15H19N3S/c1-10(2)12-5-7-13(8-6-12)19-15-11(3)14(16-4)17-9-18-15/h5-10H,1-4H3,(H,16,17,18).